The van der Waals surface area contributed by atoms with E-state index in [2.05, 4.69) is 13.2 Å². The van der Waals surface area contributed by atoms with Crippen LogP contribution in [-0.4, -0.2) is 35.5 Å². The Labute approximate surface area is 112 Å². The number of aliphatic hydroxyl groups is 1. The van der Waals surface area contributed by atoms with Crippen molar-refractivity contribution in [2.24, 2.45) is 17.8 Å². The van der Waals surface area contributed by atoms with E-state index in [0.29, 0.717) is 13.0 Å². The smallest absolute Gasteiger partial charge is 0.341 e. The number of hydrogen-bond acceptors (Lipinski definition) is 4. The summed E-state index contributed by atoms with van der Waals surface area (Å²) >= 11 is 0. The minimum atomic E-state index is -0.687. The van der Waals surface area contributed by atoms with Gasteiger partial charge in [0.2, 0.25) is 0 Å². The molecule has 2 aliphatic carbocycles. The van der Waals surface area contributed by atoms with Gasteiger partial charge in [-0.05, 0) is 30.8 Å². The zero-order valence-electron chi connectivity index (χ0n) is 10.8. The van der Waals surface area contributed by atoms with E-state index in [-0.39, 0.29) is 29.8 Å². The van der Waals surface area contributed by atoms with Crippen LogP contribution in [0.4, 0.5) is 0 Å². The van der Waals surface area contributed by atoms with E-state index < -0.39 is 11.7 Å². The first-order valence-corrected chi connectivity index (χ1v) is 6.94. The first-order valence-electron chi connectivity index (χ1n) is 6.94. The highest BCUT2D eigenvalue weighted by Crippen LogP contribution is 2.57. The zero-order valence-corrected chi connectivity index (χ0v) is 10.8. The molecule has 4 rings (SSSR count). The van der Waals surface area contributed by atoms with Crippen molar-refractivity contribution >= 4 is 5.97 Å². The van der Waals surface area contributed by atoms with Gasteiger partial charge < -0.3 is 14.6 Å². The summed E-state index contributed by atoms with van der Waals surface area (Å²) < 4.78 is 11.1. The Bertz CT molecular complexity index is 490. The Kier molecular flexibility index (Phi) is 2.15. The number of aliphatic hydroxyl groups excluding tert-OH is 1. The van der Waals surface area contributed by atoms with Crippen LogP contribution in [0.5, 0.6) is 0 Å². The molecule has 19 heavy (non-hydrogen) atoms. The lowest BCUT2D eigenvalue weighted by molar-refractivity contribution is -0.146. The van der Waals surface area contributed by atoms with E-state index in [9.17, 15) is 9.90 Å². The van der Waals surface area contributed by atoms with Gasteiger partial charge in [-0.1, -0.05) is 18.7 Å². The van der Waals surface area contributed by atoms with Gasteiger partial charge in [-0.15, -0.1) is 0 Å². The van der Waals surface area contributed by atoms with Gasteiger partial charge in [-0.2, -0.15) is 0 Å². The standard InChI is InChI=1S/C15H18O4/c1-7-3-4-10-13(19-14(17)15(10)6-18-15)12-8(2)11(16)5-9(7)12/h9-13,16H,1-6H2. The summed E-state index contributed by atoms with van der Waals surface area (Å²) in [6.45, 7) is 8.67. The van der Waals surface area contributed by atoms with Crippen LogP contribution in [0, 0.1) is 17.8 Å². The van der Waals surface area contributed by atoms with Gasteiger partial charge in [0.1, 0.15) is 6.10 Å². The monoisotopic (exact) mass is 262 g/mol. The summed E-state index contributed by atoms with van der Waals surface area (Å²) in [5.74, 6) is 0.0819. The Balaban J connectivity index is 1.76. The van der Waals surface area contributed by atoms with Crippen molar-refractivity contribution < 1.29 is 19.4 Å². The van der Waals surface area contributed by atoms with E-state index in [1.54, 1.807) is 0 Å². The lowest BCUT2D eigenvalue weighted by Crippen LogP contribution is -2.33. The van der Waals surface area contributed by atoms with Crippen molar-refractivity contribution in [2.75, 3.05) is 6.61 Å². The number of hydrogen-bond donors (Lipinski definition) is 1. The van der Waals surface area contributed by atoms with Crippen LogP contribution in [0.2, 0.25) is 0 Å². The molecule has 102 valence electrons. The molecule has 0 aromatic carbocycles. The van der Waals surface area contributed by atoms with Crippen molar-refractivity contribution in [3.8, 4) is 0 Å². The first kappa shape index (κ1) is 11.7. The fourth-order valence-electron chi connectivity index (χ4n) is 4.26. The predicted octanol–water partition coefficient (Wildman–Crippen LogP) is 1.20. The molecule has 2 heterocycles. The number of fused-ring (bicyclic) bond motifs is 4. The van der Waals surface area contributed by atoms with Gasteiger partial charge in [0.05, 0.1) is 12.7 Å². The maximum Gasteiger partial charge on any atom is 0.341 e. The second-order valence-corrected chi connectivity index (χ2v) is 6.31. The summed E-state index contributed by atoms with van der Waals surface area (Å²) in [5, 5.41) is 10.1. The van der Waals surface area contributed by atoms with Crippen LogP contribution in [0.25, 0.3) is 0 Å². The first-order chi connectivity index (χ1) is 9.04. The minimum Gasteiger partial charge on any atom is -0.459 e. The maximum atomic E-state index is 12.0. The molecule has 4 nitrogen and oxygen atoms in total. The molecule has 4 aliphatic rings. The Morgan fingerprint density at radius 2 is 2.11 bits per heavy atom. The van der Waals surface area contributed by atoms with E-state index in [4.69, 9.17) is 9.47 Å². The predicted molar refractivity (Wildman–Crippen MR) is 67.2 cm³/mol. The van der Waals surface area contributed by atoms with E-state index >= 15 is 0 Å². The average Bonchev–Trinajstić information content (AvgIpc) is 3.07. The Morgan fingerprint density at radius 3 is 2.79 bits per heavy atom. The summed E-state index contributed by atoms with van der Waals surface area (Å²) in [4.78, 5) is 12.0. The average molecular weight is 262 g/mol. The Hall–Kier alpha value is -1.13. The zero-order chi connectivity index (χ0) is 13.4. The summed E-state index contributed by atoms with van der Waals surface area (Å²) in [7, 11) is 0. The third-order valence-corrected chi connectivity index (χ3v) is 5.46. The van der Waals surface area contributed by atoms with E-state index in [0.717, 1.165) is 24.0 Å². The number of ether oxygens (including phenoxy) is 2. The quantitative estimate of drug-likeness (QED) is 0.405. The summed E-state index contributed by atoms with van der Waals surface area (Å²) in [5.41, 5.74) is 1.27. The molecule has 0 aromatic rings. The molecule has 6 atom stereocenters. The van der Waals surface area contributed by atoms with Crippen LogP contribution < -0.4 is 0 Å². The number of esters is 1. The lowest BCUT2D eigenvalue weighted by atomic mass is 9.79. The van der Waals surface area contributed by atoms with Crippen LogP contribution in [0.15, 0.2) is 24.3 Å². The summed E-state index contributed by atoms with van der Waals surface area (Å²) in [6.07, 6.45) is 1.73. The van der Waals surface area contributed by atoms with Crippen molar-refractivity contribution in [3.05, 3.63) is 24.3 Å². The van der Waals surface area contributed by atoms with Gasteiger partial charge in [0.25, 0.3) is 0 Å². The Morgan fingerprint density at radius 1 is 1.37 bits per heavy atom. The van der Waals surface area contributed by atoms with Gasteiger partial charge in [-0.25, -0.2) is 4.79 Å². The third kappa shape index (κ3) is 1.33. The summed E-state index contributed by atoms with van der Waals surface area (Å²) in [6, 6.07) is 0. The van der Waals surface area contributed by atoms with E-state index in [1.165, 1.54) is 0 Å². The van der Waals surface area contributed by atoms with Crippen molar-refractivity contribution in [1.29, 1.82) is 0 Å². The van der Waals surface area contributed by atoms with Crippen LogP contribution >= 0.6 is 0 Å². The molecule has 4 heteroatoms. The molecule has 0 aromatic heterocycles. The molecule has 0 radical (unpaired) electrons. The second-order valence-electron chi connectivity index (χ2n) is 6.31. The highest BCUT2D eigenvalue weighted by Gasteiger charge is 2.69. The number of allylic oxidation sites excluding steroid dienone is 1. The van der Waals surface area contributed by atoms with Gasteiger partial charge >= 0.3 is 5.97 Å². The molecule has 4 fully saturated rings. The topological polar surface area (TPSA) is 59.1 Å². The molecule has 1 spiro atoms. The molecule has 2 saturated heterocycles. The number of epoxide rings is 1. The molecule has 0 amide bonds. The van der Waals surface area contributed by atoms with Gasteiger partial charge in [-0.3, -0.25) is 0 Å². The third-order valence-electron chi connectivity index (χ3n) is 5.46. The number of carbonyl (C=O) groups excluding carboxylic acids is 1. The van der Waals surface area contributed by atoms with Crippen LogP contribution in [-0.2, 0) is 14.3 Å². The molecule has 2 aliphatic heterocycles. The fraction of sp³-hybridized carbons (Fsp3) is 0.667. The second kappa shape index (κ2) is 3.49. The molecule has 2 saturated carbocycles. The van der Waals surface area contributed by atoms with Crippen molar-refractivity contribution in [1.82, 2.24) is 0 Å². The van der Waals surface area contributed by atoms with Crippen molar-refractivity contribution in [3.63, 3.8) is 0 Å². The highest BCUT2D eigenvalue weighted by atomic mass is 16.7. The van der Waals surface area contributed by atoms with Gasteiger partial charge in [0, 0.05) is 11.8 Å². The maximum absolute atomic E-state index is 12.0. The van der Waals surface area contributed by atoms with E-state index in [1.807, 2.05) is 0 Å². The normalized spacial score (nSPS) is 51.8. The SMILES string of the molecule is C=C1CCC2C(OC(=O)C23CO3)C2C(=C)C(O)CC12. The number of carbonyl (C=O) groups is 1. The largest absolute Gasteiger partial charge is 0.459 e. The molecule has 1 N–H and O–H groups in total. The lowest BCUT2D eigenvalue weighted by Gasteiger charge is -2.26. The fourth-order valence-corrected chi connectivity index (χ4v) is 4.26. The van der Waals surface area contributed by atoms with Crippen LogP contribution in [0.3, 0.4) is 0 Å². The molecular weight excluding hydrogens is 244 g/mol. The number of rotatable bonds is 0. The van der Waals surface area contributed by atoms with Crippen LogP contribution in [0.1, 0.15) is 19.3 Å². The minimum absolute atomic E-state index is 0.0162. The molecular formula is C15H18O4. The highest BCUT2D eigenvalue weighted by molar-refractivity contribution is 5.85. The molecule has 0 bridgehead atoms. The van der Waals surface area contributed by atoms with Crippen molar-refractivity contribution in [2.45, 2.75) is 37.1 Å². The van der Waals surface area contributed by atoms with Gasteiger partial charge in [0.15, 0.2) is 5.60 Å². The molecule has 6 unspecified atom stereocenters.